The Hall–Kier alpha value is -1.06. The SMILES string of the molecule is CC(N)CCCC(=O)N(C)Cc1ccccc1Cl. The van der Waals surface area contributed by atoms with Gasteiger partial charge in [0, 0.05) is 31.1 Å². The van der Waals surface area contributed by atoms with Gasteiger partial charge in [0.25, 0.3) is 0 Å². The van der Waals surface area contributed by atoms with Crippen LogP contribution in [0.25, 0.3) is 0 Å². The highest BCUT2D eigenvalue weighted by molar-refractivity contribution is 6.31. The maximum Gasteiger partial charge on any atom is 0.222 e. The molecule has 0 saturated carbocycles. The molecule has 18 heavy (non-hydrogen) atoms. The molecule has 1 rings (SSSR count). The molecule has 0 fully saturated rings. The molecule has 0 aliphatic rings. The van der Waals surface area contributed by atoms with E-state index >= 15 is 0 Å². The number of nitrogens with zero attached hydrogens (tertiary/aromatic N) is 1. The van der Waals surface area contributed by atoms with Gasteiger partial charge in [-0.1, -0.05) is 29.8 Å². The molecule has 0 aromatic heterocycles. The molecule has 100 valence electrons. The van der Waals surface area contributed by atoms with Crippen molar-refractivity contribution in [2.45, 2.75) is 38.8 Å². The lowest BCUT2D eigenvalue weighted by molar-refractivity contribution is -0.130. The molecule has 1 aromatic rings. The van der Waals surface area contributed by atoms with Crippen LogP contribution in [0.1, 0.15) is 31.7 Å². The van der Waals surface area contributed by atoms with E-state index in [1.807, 2.05) is 31.2 Å². The van der Waals surface area contributed by atoms with E-state index < -0.39 is 0 Å². The fourth-order valence-electron chi connectivity index (χ4n) is 1.74. The Balaban J connectivity index is 2.43. The van der Waals surface area contributed by atoms with Crippen LogP contribution >= 0.6 is 11.6 Å². The number of rotatable bonds is 6. The van der Waals surface area contributed by atoms with Crippen LogP contribution in [0.2, 0.25) is 5.02 Å². The lowest BCUT2D eigenvalue weighted by Crippen LogP contribution is -2.26. The van der Waals surface area contributed by atoms with Gasteiger partial charge in [0.1, 0.15) is 0 Å². The second-order valence-corrected chi connectivity index (χ2v) is 5.12. The van der Waals surface area contributed by atoms with Crippen molar-refractivity contribution in [3.63, 3.8) is 0 Å². The van der Waals surface area contributed by atoms with Crippen LogP contribution in [0.5, 0.6) is 0 Å². The minimum atomic E-state index is 0.135. The van der Waals surface area contributed by atoms with Crippen LogP contribution < -0.4 is 5.73 Å². The molecular formula is C14H21ClN2O. The van der Waals surface area contributed by atoms with E-state index in [4.69, 9.17) is 17.3 Å². The largest absolute Gasteiger partial charge is 0.341 e. The van der Waals surface area contributed by atoms with Gasteiger partial charge in [0.15, 0.2) is 0 Å². The van der Waals surface area contributed by atoms with Crippen LogP contribution in [-0.4, -0.2) is 23.9 Å². The van der Waals surface area contributed by atoms with Gasteiger partial charge in [-0.25, -0.2) is 0 Å². The standard InChI is InChI=1S/C14H21ClN2O/c1-11(16)6-5-9-14(18)17(2)10-12-7-3-4-8-13(12)15/h3-4,7-8,11H,5-6,9-10,16H2,1-2H3. The normalized spacial score (nSPS) is 12.2. The maximum absolute atomic E-state index is 11.9. The molecule has 4 heteroatoms. The van der Waals surface area contributed by atoms with Crippen LogP contribution in [-0.2, 0) is 11.3 Å². The lowest BCUT2D eigenvalue weighted by Gasteiger charge is -2.18. The summed E-state index contributed by atoms with van der Waals surface area (Å²) in [6.07, 6.45) is 2.26. The summed E-state index contributed by atoms with van der Waals surface area (Å²) >= 11 is 6.06. The molecule has 1 unspecified atom stereocenters. The van der Waals surface area contributed by atoms with Crippen LogP contribution in [0.4, 0.5) is 0 Å². The van der Waals surface area contributed by atoms with Crippen molar-refractivity contribution < 1.29 is 4.79 Å². The Kier molecular flexibility index (Phi) is 6.16. The molecular weight excluding hydrogens is 248 g/mol. The van der Waals surface area contributed by atoms with Crippen LogP contribution in [0, 0.1) is 0 Å². The zero-order chi connectivity index (χ0) is 13.5. The molecule has 2 N–H and O–H groups in total. The fourth-order valence-corrected chi connectivity index (χ4v) is 1.93. The molecule has 1 amide bonds. The summed E-state index contributed by atoms with van der Waals surface area (Å²) in [5, 5.41) is 0.702. The van der Waals surface area contributed by atoms with Crippen molar-refractivity contribution in [3.8, 4) is 0 Å². The van der Waals surface area contributed by atoms with Crippen molar-refractivity contribution in [1.82, 2.24) is 4.90 Å². The predicted octanol–water partition coefficient (Wildman–Crippen LogP) is 2.82. The van der Waals surface area contributed by atoms with Crippen molar-refractivity contribution in [3.05, 3.63) is 34.9 Å². The van der Waals surface area contributed by atoms with Gasteiger partial charge in [-0.15, -0.1) is 0 Å². The first-order chi connectivity index (χ1) is 8.50. The van der Waals surface area contributed by atoms with Gasteiger partial charge >= 0.3 is 0 Å². The first-order valence-electron chi connectivity index (χ1n) is 6.23. The molecule has 0 bridgehead atoms. The number of hydrogen-bond acceptors (Lipinski definition) is 2. The molecule has 1 aromatic carbocycles. The molecule has 0 aliphatic heterocycles. The number of nitrogens with two attached hydrogens (primary N) is 1. The average Bonchev–Trinajstić information content (AvgIpc) is 2.31. The Morgan fingerprint density at radius 2 is 2.11 bits per heavy atom. The van der Waals surface area contributed by atoms with Crippen LogP contribution in [0.3, 0.4) is 0 Å². The Morgan fingerprint density at radius 1 is 1.44 bits per heavy atom. The summed E-state index contributed by atoms with van der Waals surface area (Å²) < 4.78 is 0. The molecule has 0 heterocycles. The topological polar surface area (TPSA) is 46.3 Å². The van der Waals surface area contributed by atoms with E-state index in [2.05, 4.69) is 0 Å². The van der Waals surface area contributed by atoms with E-state index in [1.54, 1.807) is 11.9 Å². The Bertz CT molecular complexity index is 393. The fraction of sp³-hybridized carbons (Fsp3) is 0.500. The van der Waals surface area contributed by atoms with Gasteiger partial charge in [-0.05, 0) is 31.4 Å². The Labute approximate surface area is 114 Å². The zero-order valence-electron chi connectivity index (χ0n) is 11.0. The van der Waals surface area contributed by atoms with Crippen LogP contribution in [0.15, 0.2) is 24.3 Å². The molecule has 0 radical (unpaired) electrons. The average molecular weight is 269 g/mol. The molecule has 1 atom stereocenters. The van der Waals surface area contributed by atoms with Crippen molar-refractivity contribution in [1.29, 1.82) is 0 Å². The van der Waals surface area contributed by atoms with Crippen molar-refractivity contribution >= 4 is 17.5 Å². The van der Waals surface area contributed by atoms with E-state index in [0.29, 0.717) is 18.0 Å². The van der Waals surface area contributed by atoms with Crippen molar-refractivity contribution in [2.24, 2.45) is 5.73 Å². The summed E-state index contributed by atoms with van der Waals surface area (Å²) in [5.41, 5.74) is 6.63. The lowest BCUT2D eigenvalue weighted by atomic mass is 10.1. The van der Waals surface area contributed by atoms with Gasteiger partial charge < -0.3 is 10.6 Å². The smallest absolute Gasteiger partial charge is 0.222 e. The second kappa shape index (κ2) is 7.39. The maximum atomic E-state index is 11.9. The summed E-state index contributed by atoms with van der Waals surface area (Å²) in [6.45, 7) is 2.51. The number of halogens is 1. The number of hydrogen-bond donors (Lipinski definition) is 1. The summed E-state index contributed by atoms with van der Waals surface area (Å²) in [5.74, 6) is 0.135. The van der Waals surface area contributed by atoms with E-state index in [-0.39, 0.29) is 11.9 Å². The van der Waals surface area contributed by atoms with Gasteiger partial charge in [-0.2, -0.15) is 0 Å². The van der Waals surface area contributed by atoms with E-state index in [9.17, 15) is 4.79 Å². The third-order valence-electron chi connectivity index (χ3n) is 2.84. The number of carbonyl (C=O) groups is 1. The van der Waals surface area contributed by atoms with Gasteiger partial charge in [-0.3, -0.25) is 4.79 Å². The molecule has 0 spiro atoms. The minimum absolute atomic E-state index is 0.135. The van der Waals surface area contributed by atoms with Crippen molar-refractivity contribution in [2.75, 3.05) is 7.05 Å². The summed E-state index contributed by atoms with van der Waals surface area (Å²) in [6, 6.07) is 7.75. The zero-order valence-corrected chi connectivity index (χ0v) is 11.8. The van der Waals surface area contributed by atoms with E-state index in [1.165, 1.54) is 0 Å². The highest BCUT2D eigenvalue weighted by atomic mass is 35.5. The third-order valence-corrected chi connectivity index (χ3v) is 3.21. The summed E-state index contributed by atoms with van der Waals surface area (Å²) in [4.78, 5) is 13.6. The second-order valence-electron chi connectivity index (χ2n) is 4.71. The number of carbonyl (C=O) groups excluding carboxylic acids is 1. The third kappa shape index (κ3) is 5.07. The first-order valence-corrected chi connectivity index (χ1v) is 6.61. The highest BCUT2D eigenvalue weighted by Gasteiger charge is 2.10. The minimum Gasteiger partial charge on any atom is -0.341 e. The van der Waals surface area contributed by atoms with Gasteiger partial charge in [0.05, 0.1) is 0 Å². The number of benzene rings is 1. The number of amides is 1. The summed E-state index contributed by atoms with van der Waals surface area (Å²) in [7, 11) is 1.80. The monoisotopic (exact) mass is 268 g/mol. The molecule has 0 saturated heterocycles. The molecule has 3 nitrogen and oxygen atoms in total. The molecule has 0 aliphatic carbocycles. The predicted molar refractivity (Wildman–Crippen MR) is 75.4 cm³/mol. The van der Waals surface area contributed by atoms with E-state index in [0.717, 1.165) is 18.4 Å². The van der Waals surface area contributed by atoms with Gasteiger partial charge in [0.2, 0.25) is 5.91 Å². The Morgan fingerprint density at radius 3 is 2.72 bits per heavy atom. The highest BCUT2D eigenvalue weighted by Crippen LogP contribution is 2.17. The quantitative estimate of drug-likeness (QED) is 0.862. The first kappa shape index (κ1) is 15.0.